The Hall–Kier alpha value is -3.74. The molecule has 30 heavy (non-hydrogen) atoms. The Morgan fingerprint density at radius 3 is 2.60 bits per heavy atom. The second kappa shape index (κ2) is 9.65. The van der Waals surface area contributed by atoms with Crippen LogP contribution in [0.5, 0.6) is 11.5 Å². The predicted molar refractivity (Wildman–Crippen MR) is 110 cm³/mol. The predicted octanol–water partition coefficient (Wildman–Crippen LogP) is 2.89. The van der Waals surface area contributed by atoms with Gasteiger partial charge in [0.25, 0.3) is 0 Å². The van der Waals surface area contributed by atoms with Gasteiger partial charge in [-0.2, -0.15) is 0 Å². The third-order valence-corrected chi connectivity index (χ3v) is 4.37. The number of unbranched alkanes of at least 4 members (excludes halogenated alkanes) is 1. The number of ketones is 1. The number of allylic oxidation sites excluding steroid dienone is 1. The molecule has 0 saturated carbocycles. The van der Waals surface area contributed by atoms with Crippen molar-refractivity contribution in [3.05, 3.63) is 71.3 Å². The zero-order chi connectivity index (χ0) is 21.5. The average molecular weight is 408 g/mol. The maximum absolute atomic E-state index is 12.6. The van der Waals surface area contributed by atoms with E-state index in [1.807, 2.05) is 6.07 Å². The van der Waals surface area contributed by atoms with Crippen LogP contribution in [0.4, 0.5) is 5.69 Å². The number of Topliss-reactive ketones (excluding diaryl/α,β-unsaturated/α-hetero) is 1. The number of carbonyl (C=O) groups excluding carboxylic acids is 2. The Labute approximate surface area is 174 Å². The molecule has 0 unspecified atom stereocenters. The summed E-state index contributed by atoms with van der Waals surface area (Å²) >= 11 is 0. The number of nitrogens with one attached hydrogen (secondary N) is 1. The molecule has 0 spiro atoms. The third-order valence-electron chi connectivity index (χ3n) is 4.37. The Kier molecular flexibility index (Phi) is 6.75. The Morgan fingerprint density at radius 2 is 1.93 bits per heavy atom. The van der Waals surface area contributed by atoms with Crippen molar-refractivity contribution in [3.8, 4) is 11.5 Å². The lowest BCUT2D eigenvalue weighted by Crippen LogP contribution is -2.28. The summed E-state index contributed by atoms with van der Waals surface area (Å²) in [5.74, 6) is -1.60. The molecule has 1 aliphatic heterocycles. The summed E-state index contributed by atoms with van der Waals surface area (Å²) in [5, 5.41) is 14.3. The molecule has 0 fully saturated rings. The standard InChI is InChI=1S/C23H23NO6/c1-3-4-12-29-17-11-10-15(13-18(17)28-2)14-19-21(25)20(23(26)27)22(30-19)24-16-8-6-5-7-9-16/h5-11,13-14,24H,3-4,12H2,1-2H3,(H,26,27)/p-1/b19-14-. The van der Waals surface area contributed by atoms with E-state index in [-0.39, 0.29) is 11.6 Å². The first-order valence-electron chi connectivity index (χ1n) is 9.56. The monoisotopic (exact) mass is 408 g/mol. The van der Waals surface area contributed by atoms with Crippen LogP contribution in [-0.4, -0.2) is 25.5 Å². The average Bonchev–Trinajstić information content (AvgIpc) is 3.04. The van der Waals surface area contributed by atoms with Gasteiger partial charge in [-0.05, 0) is 42.3 Å². The van der Waals surface area contributed by atoms with Crippen molar-refractivity contribution in [1.29, 1.82) is 0 Å². The van der Waals surface area contributed by atoms with Crippen molar-refractivity contribution in [3.63, 3.8) is 0 Å². The summed E-state index contributed by atoms with van der Waals surface area (Å²) in [6.07, 6.45) is 3.38. The van der Waals surface area contributed by atoms with Crippen molar-refractivity contribution in [2.75, 3.05) is 19.0 Å². The smallest absolute Gasteiger partial charge is 0.235 e. The van der Waals surface area contributed by atoms with Gasteiger partial charge in [0.2, 0.25) is 11.7 Å². The van der Waals surface area contributed by atoms with Crippen LogP contribution < -0.4 is 19.9 Å². The normalized spacial score (nSPS) is 14.6. The van der Waals surface area contributed by atoms with E-state index >= 15 is 0 Å². The molecule has 7 heteroatoms. The summed E-state index contributed by atoms with van der Waals surface area (Å²) < 4.78 is 16.6. The third kappa shape index (κ3) is 4.81. The quantitative estimate of drug-likeness (QED) is 0.387. The molecule has 0 bridgehead atoms. The molecule has 0 amide bonds. The Balaban J connectivity index is 1.84. The molecule has 0 atom stereocenters. The fourth-order valence-corrected chi connectivity index (χ4v) is 2.83. The van der Waals surface area contributed by atoms with E-state index < -0.39 is 17.3 Å². The summed E-state index contributed by atoms with van der Waals surface area (Å²) in [5.41, 5.74) is 0.615. The molecule has 1 aliphatic rings. The van der Waals surface area contributed by atoms with Gasteiger partial charge in [-0.15, -0.1) is 0 Å². The molecule has 1 heterocycles. The van der Waals surface area contributed by atoms with Crippen LogP contribution in [0.25, 0.3) is 6.08 Å². The van der Waals surface area contributed by atoms with Crippen LogP contribution in [0, 0.1) is 0 Å². The number of hydrogen-bond acceptors (Lipinski definition) is 7. The molecule has 0 radical (unpaired) electrons. The summed E-state index contributed by atoms with van der Waals surface area (Å²) in [7, 11) is 1.52. The van der Waals surface area contributed by atoms with Gasteiger partial charge in [0.1, 0.15) is 5.57 Å². The molecule has 0 aliphatic carbocycles. The first-order valence-corrected chi connectivity index (χ1v) is 9.56. The van der Waals surface area contributed by atoms with Crippen molar-refractivity contribution in [2.24, 2.45) is 0 Å². The second-order valence-electron chi connectivity index (χ2n) is 6.53. The number of para-hydroxylation sites is 1. The van der Waals surface area contributed by atoms with Gasteiger partial charge in [-0.25, -0.2) is 0 Å². The van der Waals surface area contributed by atoms with Crippen LogP contribution in [0.2, 0.25) is 0 Å². The highest BCUT2D eigenvalue weighted by Gasteiger charge is 2.32. The lowest BCUT2D eigenvalue weighted by molar-refractivity contribution is -0.298. The van der Waals surface area contributed by atoms with E-state index in [1.54, 1.807) is 42.5 Å². The number of carboxylic acid groups (broad SMARTS) is 1. The zero-order valence-corrected chi connectivity index (χ0v) is 16.8. The molecule has 0 aromatic heterocycles. The molecular weight excluding hydrogens is 386 g/mol. The van der Waals surface area contributed by atoms with Crippen molar-refractivity contribution in [2.45, 2.75) is 19.8 Å². The topological polar surface area (TPSA) is 96.9 Å². The van der Waals surface area contributed by atoms with Gasteiger partial charge in [-0.1, -0.05) is 37.6 Å². The minimum absolute atomic E-state index is 0.130. The highest BCUT2D eigenvalue weighted by atomic mass is 16.5. The first kappa shape index (κ1) is 21.0. The van der Waals surface area contributed by atoms with E-state index in [9.17, 15) is 14.7 Å². The summed E-state index contributed by atoms with van der Waals surface area (Å²) in [6.45, 7) is 2.65. The van der Waals surface area contributed by atoms with Crippen LogP contribution in [-0.2, 0) is 14.3 Å². The van der Waals surface area contributed by atoms with Crippen LogP contribution in [0.15, 0.2) is 65.7 Å². The zero-order valence-electron chi connectivity index (χ0n) is 16.8. The summed E-state index contributed by atoms with van der Waals surface area (Å²) in [6, 6.07) is 13.9. The SMILES string of the molecule is CCCCOc1ccc(/C=C2\OC(Nc3ccccc3)=C(C(=O)[O-])C2=O)cc1OC. The van der Waals surface area contributed by atoms with Crippen molar-refractivity contribution < 1.29 is 28.9 Å². The molecule has 2 aromatic carbocycles. The van der Waals surface area contributed by atoms with E-state index in [4.69, 9.17) is 14.2 Å². The van der Waals surface area contributed by atoms with Gasteiger partial charge in [0.15, 0.2) is 17.3 Å². The minimum atomic E-state index is -1.61. The number of carboxylic acids is 1. The maximum atomic E-state index is 12.6. The number of aliphatic carboxylic acids is 1. The van der Waals surface area contributed by atoms with Gasteiger partial charge >= 0.3 is 0 Å². The Bertz CT molecular complexity index is 994. The molecular formula is C23H22NO6-. The summed E-state index contributed by atoms with van der Waals surface area (Å²) in [4.78, 5) is 24.1. The van der Waals surface area contributed by atoms with E-state index in [0.717, 1.165) is 12.8 Å². The van der Waals surface area contributed by atoms with Gasteiger partial charge < -0.3 is 29.4 Å². The molecule has 1 N–H and O–H groups in total. The molecule has 7 nitrogen and oxygen atoms in total. The fourth-order valence-electron chi connectivity index (χ4n) is 2.83. The van der Waals surface area contributed by atoms with E-state index in [0.29, 0.717) is 29.4 Å². The highest BCUT2D eigenvalue weighted by molar-refractivity contribution is 6.25. The number of hydrogen-bond donors (Lipinski definition) is 1. The minimum Gasteiger partial charge on any atom is -0.544 e. The molecule has 3 rings (SSSR count). The van der Waals surface area contributed by atoms with Gasteiger partial charge in [-0.3, -0.25) is 4.79 Å². The number of anilines is 1. The number of ether oxygens (including phenoxy) is 3. The van der Waals surface area contributed by atoms with Crippen LogP contribution >= 0.6 is 0 Å². The number of benzene rings is 2. The number of carbonyl (C=O) groups is 2. The Morgan fingerprint density at radius 1 is 1.17 bits per heavy atom. The largest absolute Gasteiger partial charge is 0.544 e. The lowest BCUT2D eigenvalue weighted by atomic mass is 10.1. The van der Waals surface area contributed by atoms with Crippen molar-refractivity contribution >= 4 is 23.5 Å². The number of methoxy groups -OCH3 is 1. The van der Waals surface area contributed by atoms with E-state index in [2.05, 4.69) is 12.2 Å². The van der Waals surface area contributed by atoms with Gasteiger partial charge in [0.05, 0.1) is 19.7 Å². The lowest BCUT2D eigenvalue weighted by Gasteiger charge is -2.11. The van der Waals surface area contributed by atoms with E-state index in [1.165, 1.54) is 13.2 Å². The molecule has 0 saturated heterocycles. The molecule has 2 aromatic rings. The fraction of sp³-hybridized carbons (Fsp3) is 0.217. The maximum Gasteiger partial charge on any atom is 0.235 e. The second-order valence-corrected chi connectivity index (χ2v) is 6.53. The number of rotatable bonds is 9. The van der Waals surface area contributed by atoms with Crippen LogP contribution in [0.3, 0.4) is 0 Å². The first-order chi connectivity index (χ1) is 14.5. The van der Waals surface area contributed by atoms with Crippen molar-refractivity contribution in [1.82, 2.24) is 0 Å². The highest BCUT2D eigenvalue weighted by Crippen LogP contribution is 2.32. The van der Waals surface area contributed by atoms with Gasteiger partial charge in [0, 0.05) is 5.69 Å². The van der Waals surface area contributed by atoms with Crippen LogP contribution in [0.1, 0.15) is 25.3 Å². The molecule has 156 valence electrons.